The van der Waals surface area contributed by atoms with Gasteiger partial charge in [-0.1, -0.05) is 74.0 Å². The van der Waals surface area contributed by atoms with Crippen LogP contribution in [0.3, 0.4) is 0 Å². The highest BCUT2D eigenvalue weighted by molar-refractivity contribution is 5.90. The number of hydrogen-bond acceptors (Lipinski definition) is 3. The average molecular weight is 323 g/mol. The van der Waals surface area contributed by atoms with E-state index in [0.717, 1.165) is 37.1 Å². The first-order valence-electron chi connectivity index (χ1n) is 8.79. The molecule has 0 saturated carbocycles. The number of esters is 1. The van der Waals surface area contributed by atoms with Crippen molar-refractivity contribution in [2.75, 3.05) is 19.7 Å². The summed E-state index contributed by atoms with van der Waals surface area (Å²) < 4.78 is 5.57. The highest BCUT2D eigenvalue weighted by Gasteiger charge is 2.54. The number of rotatable bonds is 7. The Hall–Kier alpha value is -2.13. The molecule has 1 fully saturated rings. The van der Waals surface area contributed by atoms with Crippen LogP contribution in [-0.2, 0) is 14.9 Å². The van der Waals surface area contributed by atoms with Crippen LogP contribution < -0.4 is 5.32 Å². The first-order valence-corrected chi connectivity index (χ1v) is 8.79. The average Bonchev–Trinajstić information content (AvgIpc) is 2.97. The van der Waals surface area contributed by atoms with Gasteiger partial charge in [0.25, 0.3) is 0 Å². The Morgan fingerprint density at radius 2 is 1.62 bits per heavy atom. The van der Waals surface area contributed by atoms with Gasteiger partial charge in [-0.3, -0.25) is 4.79 Å². The minimum atomic E-state index is -0.721. The van der Waals surface area contributed by atoms with Crippen molar-refractivity contribution in [2.45, 2.75) is 25.2 Å². The van der Waals surface area contributed by atoms with Crippen LogP contribution in [0.1, 0.15) is 30.9 Å². The van der Waals surface area contributed by atoms with Gasteiger partial charge in [0.15, 0.2) is 0 Å². The summed E-state index contributed by atoms with van der Waals surface area (Å²) in [5.74, 6) is -0.0474. The maximum atomic E-state index is 12.9. The van der Waals surface area contributed by atoms with E-state index in [1.807, 2.05) is 60.7 Å². The van der Waals surface area contributed by atoms with Gasteiger partial charge in [-0.15, -0.1) is 0 Å². The molecule has 1 saturated heterocycles. The summed E-state index contributed by atoms with van der Waals surface area (Å²) in [6.07, 6.45) is 2.31. The summed E-state index contributed by atoms with van der Waals surface area (Å²) >= 11 is 0. The number of ether oxygens (including phenoxy) is 1. The third-order valence-corrected chi connectivity index (χ3v) is 4.91. The molecule has 2 aromatic carbocycles. The predicted octanol–water partition coefficient (Wildman–Crippen LogP) is 3.54. The molecule has 1 atom stereocenters. The molecular weight excluding hydrogens is 298 g/mol. The van der Waals surface area contributed by atoms with Gasteiger partial charge >= 0.3 is 5.97 Å². The SMILES string of the molecule is CCCCNCC1COC(=O)C1(c1ccccc1)c1ccccc1. The lowest BCUT2D eigenvalue weighted by atomic mass is 9.67. The lowest BCUT2D eigenvalue weighted by molar-refractivity contribution is -0.141. The zero-order valence-corrected chi connectivity index (χ0v) is 14.2. The quantitative estimate of drug-likeness (QED) is 0.626. The van der Waals surface area contributed by atoms with Gasteiger partial charge in [0.05, 0.1) is 6.61 Å². The van der Waals surface area contributed by atoms with Crippen molar-refractivity contribution in [3.63, 3.8) is 0 Å². The molecule has 126 valence electrons. The van der Waals surface area contributed by atoms with Crippen molar-refractivity contribution in [2.24, 2.45) is 5.92 Å². The second kappa shape index (κ2) is 7.63. The summed E-state index contributed by atoms with van der Waals surface area (Å²) in [6, 6.07) is 20.1. The molecule has 24 heavy (non-hydrogen) atoms. The van der Waals surface area contributed by atoms with Crippen LogP contribution >= 0.6 is 0 Å². The normalized spacial score (nSPS) is 19.2. The van der Waals surface area contributed by atoms with Crippen molar-refractivity contribution in [3.8, 4) is 0 Å². The Morgan fingerprint density at radius 1 is 1.04 bits per heavy atom. The molecule has 0 radical (unpaired) electrons. The van der Waals surface area contributed by atoms with E-state index in [1.54, 1.807) is 0 Å². The first kappa shape index (κ1) is 16.7. The maximum Gasteiger partial charge on any atom is 0.321 e. The Balaban J connectivity index is 2.00. The number of hydrogen-bond donors (Lipinski definition) is 1. The second-order valence-corrected chi connectivity index (χ2v) is 6.39. The largest absolute Gasteiger partial charge is 0.464 e. The van der Waals surface area contributed by atoms with Gasteiger partial charge in [-0.25, -0.2) is 0 Å². The number of cyclic esters (lactones) is 1. The van der Waals surface area contributed by atoms with Crippen molar-refractivity contribution in [3.05, 3.63) is 71.8 Å². The van der Waals surface area contributed by atoms with E-state index < -0.39 is 5.41 Å². The number of benzene rings is 2. The summed E-state index contributed by atoms with van der Waals surface area (Å²) in [4.78, 5) is 12.9. The molecule has 3 heteroatoms. The maximum absolute atomic E-state index is 12.9. The number of carbonyl (C=O) groups is 1. The van der Waals surface area contributed by atoms with Crippen LogP contribution in [0.25, 0.3) is 0 Å². The minimum Gasteiger partial charge on any atom is -0.464 e. The molecule has 1 aliphatic heterocycles. The van der Waals surface area contributed by atoms with E-state index >= 15 is 0 Å². The van der Waals surface area contributed by atoms with Crippen LogP contribution in [-0.4, -0.2) is 25.7 Å². The minimum absolute atomic E-state index is 0.0895. The fraction of sp³-hybridized carbons (Fsp3) is 0.381. The van der Waals surface area contributed by atoms with E-state index in [-0.39, 0.29) is 11.9 Å². The van der Waals surface area contributed by atoms with E-state index in [2.05, 4.69) is 12.2 Å². The third kappa shape index (κ3) is 2.96. The van der Waals surface area contributed by atoms with E-state index in [4.69, 9.17) is 4.74 Å². The molecule has 1 unspecified atom stereocenters. The lowest BCUT2D eigenvalue weighted by Crippen LogP contribution is -2.43. The van der Waals surface area contributed by atoms with Crippen LogP contribution in [0.2, 0.25) is 0 Å². The molecule has 0 amide bonds. The summed E-state index contributed by atoms with van der Waals surface area (Å²) in [7, 11) is 0. The van der Waals surface area contributed by atoms with Gasteiger partial charge < -0.3 is 10.1 Å². The Morgan fingerprint density at radius 3 is 2.17 bits per heavy atom. The number of unbranched alkanes of at least 4 members (excludes halogenated alkanes) is 1. The predicted molar refractivity (Wildman–Crippen MR) is 95.9 cm³/mol. The van der Waals surface area contributed by atoms with E-state index in [9.17, 15) is 4.79 Å². The molecule has 0 bridgehead atoms. The van der Waals surface area contributed by atoms with Crippen LogP contribution in [0.4, 0.5) is 0 Å². The second-order valence-electron chi connectivity index (χ2n) is 6.39. The summed E-state index contributed by atoms with van der Waals surface area (Å²) in [6.45, 7) is 4.39. The standard InChI is InChI=1S/C21H25NO2/c1-2-3-14-22-15-19-16-24-20(23)21(19,17-10-6-4-7-11-17)18-12-8-5-9-13-18/h4-13,19,22H,2-3,14-16H2,1H3. The summed E-state index contributed by atoms with van der Waals surface area (Å²) in [5.41, 5.74) is 1.31. The van der Waals surface area contributed by atoms with Crippen molar-refractivity contribution in [1.82, 2.24) is 5.32 Å². The Kier molecular flexibility index (Phi) is 5.31. The third-order valence-electron chi connectivity index (χ3n) is 4.91. The zero-order chi connectivity index (χ0) is 16.8. The topological polar surface area (TPSA) is 38.3 Å². The smallest absolute Gasteiger partial charge is 0.321 e. The van der Waals surface area contributed by atoms with Crippen molar-refractivity contribution < 1.29 is 9.53 Å². The number of nitrogens with one attached hydrogen (secondary N) is 1. The monoisotopic (exact) mass is 323 g/mol. The van der Waals surface area contributed by atoms with Gasteiger partial charge in [0, 0.05) is 12.5 Å². The van der Waals surface area contributed by atoms with E-state index in [0.29, 0.717) is 6.61 Å². The molecule has 0 aliphatic carbocycles. The van der Waals surface area contributed by atoms with Crippen LogP contribution in [0.5, 0.6) is 0 Å². The molecular formula is C21H25NO2. The molecule has 1 aliphatic rings. The fourth-order valence-electron chi connectivity index (χ4n) is 3.65. The molecule has 0 spiro atoms. The first-order chi connectivity index (χ1) is 11.8. The summed E-state index contributed by atoms with van der Waals surface area (Å²) in [5, 5.41) is 3.51. The van der Waals surface area contributed by atoms with Crippen LogP contribution in [0, 0.1) is 5.92 Å². The number of carbonyl (C=O) groups excluding carboxylic acids is 1. The molecule has 0 aromatic heterocycles. The van der Waals surface area contributed by atoms with E-state index in [1.165, 1.54) is 0 Å². The molecule has 1 N–H and O–H groups in total. The van der Waals surface area contributed by atoms with Crippen molar-refractivity contribution in [1.29, 1.82) is 0 Å². The molecule has 2 aromatic rings. The highest BCUT2D eigenvalue weighted by Crippen LogP contribution is 2.44. The highest BCUT2D eigenvalue weighted by atomic mass is 16.5. The Bertz CT molecular complexity index is 615. The molecule has 3 rings (SSSR count). The molecule has 1 heterocycles. The van der Waals surface area contributed by atoms with Gasteiger partial charge in [0.1, 0.15) is 5.41 Å². The van der Waals surface area contributed by atoms with Gasteiger partial charge in [0.2, 0.25) is 0 Å². The van der Waals surface area contributed by atoms with Gasteiger partial charge in [-0.05, 0) is 24.1 Å². The molecule has 3 nitrogen and oxygen atoms in total. The zero-order valence-electron chi connectivity index (χ0n) is 14.2. The van der Waals surface area contributed by atoms with Crippen LogP contribution in [0.15, 0.2) is 60.7 Å². The van der Waals surface area contributed by atoms with Crippen molar-refractivity contribution >= 4 is 5.97 Å². The van der Waals surface area contributed by atoms with Gasteiger partial charge in [-0.2, -0.15) is 0 Å². The lowest BCUT2D eigenvalue weighted by Gasteiger charge is -2.32. The fourth-order valence-corrected chi connectivity index (χ4v) is 3.65. The Labute approximate surface area is 144 Å².